The Balaban J connectivity index is 1.58. The fraction of sp³-hybridized carbons (Fsp3) is 0.684. The SMILES string of the molecule is CC(C)Oc1ccc(OCCCC[NH+]2CCCCCC2)cc1. The number of hydrogen-bond acceptors (Lipinski definition) is 2. The molecule has 1 N–H and O–H groups in total. The lowest BCUT2D eigenvalue weighted by molar-refractivity contribution is -0.899. The molecular formula is C19H32NO2+. The van der Waals surface area contributed by atoms with Crippen LogP contribution in [0.15, 0.2) is 24.3 Å². The lowest BCUT2D eigenvalue weighted by Gasteiger charge is -2.16. The Bertz CT molecular complexity index is 394. The summed E-state index contributed by atoms with van der Waals surface area (Å²) in [5, 5.41) is 0. The second kappa shape index (κ2) is 9.73. The van der Waals surface area contributed by atoms with Gasteiger partial charge in [-0.1, -0.05) is 0 Å². The Kier molecular flexibility index (Phi) is 7.58. The van der Waals surface area contributed by atoms with Crippen molar-refractivity contribution in [2.24, 2.45) is 0 Å². The molecule has 0 amide bonds. The molecule has 3 heteroatoms. The number of quaternary nitrogens is 1. The molecule has 0 saturated carbocycles. The number of hydrogen-bond donors (Lipinski definition) is 1. The Morgan fingerprint density at radius 2 is 1.55 bits per heavy atom. The molecule has 1 heterocycles. The van der Waals surface area contributed by atoms with Crippen LogP contribution < -0.4 is 14.4 Å². The maximum absolute atomic E-state index is 5.82. The van der Waals surface area contributed by atoms with Gasteiger partial charge < -0.3 is 14.4 Å². The van der Waals surface area contributed by atoms with Gasteiger partial charge in [-0.3, -0.25) is 0 Å². The van der Waals surface area contributed by atoms with Gasteiger partial charge in [0.15, 0.2) is 0 Å². The molecule has 0 spiro atoms. The van der Waals surface area contributed by atoms with Crippen molar-refractivity contribution in [1.82, 2.24) is 0 Å². The van der Waals surface area contributed by atoms with Gasteiger partial charge in [0.1, 0.15) is 11.5 Å². The zero-order valence-corrected chi connectivity index (χ0v) is 14.3. The molecule has 0 unspecified atom stereocenters. The molecule has 1 aliphatic rings. The fourth-order valence-corrected chi connectivity index (χ4v) is 3.03. The van der Waals surface area contributed by atoms with Crippen molar-refractivity contribution in [3.8, 4) is 11.5 Å². The molecule has 0 aromatic heterocycles. The number of rotatable bonds is 8. The molecule has 1 saturated heterocycles. The van der Waals surface area contributed by atoms with E-state index in [0.717, 1.165) is 24.5 Å². The zero-order valence-electron chi connectivity index (χ0n) is 14.3. The highest BCUT2D eigenvalue weighted by Crippen LogP contribution is 2.18. The van der Waals surface area contributed by atoms with Crippen molar-refractivity contribution in [1.29, 1.82) is 0 Å². The summed E-state index contributed by atoms with van der Waals surface area (Å²) >= 11 is 0. The molecular weight excluding hydrogens is 274 g/mol. The molecule has 124 valence electrons. The van der Waals surface area contributed by atoms with Crippen LogP contribution in [0.2, 0.25) is 0 Å². The summed E-state index contributed by atoms with van der Waals surface area (Å²) in [5.41, 5.74) is 0. The molecule has 0 atom stereocenters. The zero-order chi connectivity index (χ0) is 15.6. The normalized spacial score (nSPS) is 16.5. The van der Waals surface area contributed by atoms with E-state index in [1.54, 1.807) is 4.90 Å². The Labute approximate surface area is 135 Å². The van der Waals surface area contributed by atoms with Gasteiger partial charge in [0.25, 0.3) is 0 Å². The summed E-state index contributed by atoms with van der Waals surface area (Å²) in [6, 6.07) is 7.96. The van der Waals surface area contributed by atoms with Gasteiger partial charge in [0.05, 0.1) is 32.3 Å². The minimum Gasteiger partial charge on any atom is -0.494 e. The van der Waals surface area contributed by atoms with Crippen molar-refractivity contribution in [3.63, 3.8) is 0 Å². The number of unbranched alkanes of at least 4 members (excludes halogenated alkanes) is 1. The quantitative estimate of drug-likeness (QED) is 0.746. The van der Waals surface area contributed by atoms with Crippen molar-refractivity contribution in [2.45, 2.75) is 58.5 Å². The molecule has 22 heavy (non-hydrogen) atoms. The standard InChI is InChI=1S/C19H31NO2/c1-17(2)22-19-11-9-18(10-12-19)21-16-8-7-15-20-13-5-3-4-6-14-20/h9-12,17H,3-8,13-16H2,1-2H3/p+1. The minimum atomic E-state index is 0.216. The molecule has 1 aliphatic heterocycles. The first kappa shape index (κ1) is 17.1. The highest BCUT2D eigenvalue weighted by atomic mass is 16.5. The first-order valence-electron chi connectivity index (χ1n) is 8.97. The van der Waals surface area contributed by atoms with Crippen LogP contribution in [0.25, 0.3) is 0 Å². The summed E-state index contributed by atoms with van der Waals surface area (Å²) in [6.45, 7) is 8.95. The molecule has 1 fully saturated rings. The van der Waals surface area contributed by atoms with E-state index in [1.165, 1.54) is 51.7 Å². The van der Waals surface area contributed by atoms with Gasteiger partial charge >= 0.3 is 0 Å². The second-order valence-corrected chi connectivity index (χ2v) is 6.61. The molecule has 3 nitrogen and oxygen atoms in total. The third kappa shape index (κ3) is 6.69. The van der Waals surface area contributed by atoms with E-state index in [0.29, 0.717) is 0 Å². The average molecular weight is 306 g/mol. The van der Waals surface area contributed by atoms with Gasteiger partial charge in [-0.15, -0.1) is 0 Å². The van der Waals surface area contributed by atoms with Crippen molar-refractivity contribution in [2.75, 3.05) is 26.2 Å². The number of benzene rings is 1. The van der Waals surface area contributed by atoms with Gasteiger partial charge in [0, 0.05) is 0 Å². The van der Waals surface area contributed by atoms with Gasteiger partial charge in [-0.25, -0.2) is 0 Å². The lowest BCUT2D eigenvalue weighted by Crippen LogP contribution is -3.11. The summed E-state index contributed by atoms with van der Waals surface area (Å²) in [7, 11) is 0. The van der Waals surface area contributed by atoms with Crippen LogP contribution in [0.3, 0.4) is 0 Å². The van der Waals surface area contributed by atoms with Crippen LogP contribution >= 0.6 is 0 Å². The summed E-state index contributed by atoms with van der Waals surface area (Å²) in [4.78, 5) is 1.80. The molecule has 0 bridgehead atoms. The minimum absolute atomic E-state index is 0.216. The topological polar surface area (TPSA) is 22.9 Å². The summed E-state index contributed by atoms with van der Waals surface area (Å²) in [6.07, 6.45) is 8.32. The number of likely N-dealkylation sites (tertiary alicyclic amines) is 1. The van der Waals surface area contributed by atoms with E-state index in [-0.39, 0.29) is 6.10 Å². The largest absolute Gasteiger partial charge is 0.494 e. The predicted molar refractivity (Wildman–Crippen MR) is 91.0 cm³/mol. The van der Waals surface area contributed by atoms with E-state index >= 15 is 0 Å². The maximum atomic E-state index is 5.82. The van der Waals surface area contributed by atoms with E-state index < -0.39 is 0 Å². The number of ether oxygens (including phenoxy) is 2. The Morgan fingerprint density at radius 3 is 2.18 bits per heavy atom. The Hall–Kier alpha value is -1.22. The van der Waals surface area contributed by atoms with E-state index in [1.807, 2.05) is 38.1 Å². The van der Waals surface area contributed by atoms with Crippen molar-refractivity contribution in [3.05, 3.63) is 24.3 Å². The first-order chi connectivity index (χ1) is 10.7. The highest BCUT2D eigenvalue weighted by Gasteiger charge is 2.11. The van der Waals surface area contributed by atoms with Crippen LogP contribution in [0, 0.1) is 0 Å². The molecule has 2 rings (SSSR count). The molecule has 0 aliphatic carbocycles. The van der Waals surface area contributed by atoms with Gasteiger partial charge in [0.2, 0.25) is 0 Å². The van der Waals surface area contributed by atoms with E-state index in [9.17, 15) is 0 Å². The highest BCUT2D eigenvalue weighted by molar-refractivity contribution is 5.31. The first-order valence-corrected chi connectivity index (χ1v) is 8.97. The maximum Gasteiger partial charge on any atom is 0.119 e. The van der Waals surface area contributed by atoms with Crippen molar-refractivity contribution >= 4 is 0 Å². The van der Waals surface area contributed by atoms with E-state index in [4.69, 9.17) is 9.47 Å². The van der Waals surface area contributed by atoms with E-state index in [2.05, 4.69) is 0 Å². The van der Waals surface area contributed by atoms with Crippen LogP contribution in [0.4, 0.5) is 0 Å². The fourth-order valence-electron chi connectivity index (χ4n) is 3.03. The van der Waals surface area contributed by atoms with Crippen LogP contribution in [-0.4, -0.2) is 32.3 Å². The molecule has 1 aromatic carbocycles. The molecule has 1 aromatic rings. The lowest BCUT2D eigenvalue weighted by atomic mass is 10.2. The summed E-state index contributed by atoms with van der Waals surface area (Å²) < 4.78 is 11.4. The summed E-state index contributed by atoms with van der Waals surface area (Å²) in [5.74, 6) is 1.85. The van der Waals surface area contributed by atoms with Crippen molar-refractivity contribution < 1.29 is 14.4 Å². The average Bonchev–Trinajstić information content (AvgIpc) is 2.77. The van der Waals surface area contributed by atoms with Gasteiger partial charge in [-0.2, -0.15) is 0 Å². The van der Waals surface area contributed by atoms with Crippen LogP contribution in [-0.2, 0) is 0 Å². The smallest absolute Gasteiger partial charge is 0.119 e. The monoisotopic (exact) mass is 306 g/mol. The Morgan fingerprint density at radius 1 is 0.909 bits per heavy atom. The van der Waals surface area contributed by atoms with Gasteiger partial charge in [-0.05, 0) is 76.6 Å². The van der Waals surface area contributed by atoms with Crippen LogP contribution in [0.1, 0.15) is 52.4 Å². The number of nitrogens with one attached hydrogen (secondary N) is 1. The molecule has 0 radical (unpaired) electrons. The van der Waals surface area contributed by atoms with Crippen LogP contribution in [0.5, 0.6) is 11.5 Å². The predicted octanol–water partition coefficient (Wildman–Crippen LogP) is 3.09. The second-order valence-electron chi connectivity index (χ2n) is 6.61. The third-order valence-corrected chi connectivity index (χ3v) is 4.20. The third-order valence-electron chi connectivity index (χ3n) is 4.20.